The van der Waals surface area contributed by atoms with Gasteiger partial charge >= 0.3 is 172 Å². The summed E-state index contributed by atoms with van der Waals surface area (Å²) in [5.41, 5.74) is 0. The van der Waals surface area contributed by atoms with Gasteiger partial charge in [-0.1, -0.05) is 0 Å². The minimum absolute atomic E-state index is 0. The SMILES string of the molecule is Br.C[PH](c1ccccc1)(c1ccccc1)c1ccccc1.[KH]. The Morgan fingerprint density at radius 1 is 0.500 bits per heavy atom. The van der Waals surface area contributed by atoms with E-state index in [4.69, 9.17) is 0 Å². The molecule has 0 fully saturated rings. The molecule has 0 saturated heterocycles. The molecule has 0 heterocycles. The standard InChI is InChI=1S/C19H19P.BrH.K.H/c1-20(17-11-5-2-6-12-17,18-13-7-3-8-14-18)19-15-9-4-10-16-19;;;/h2-16,20H,1H3;1H;;. The Labute approximate surface area is 186 Å². The molecule has 0 atom stereocenters. The summed E-state index contributed by atoms with van der Waals surface area (Å²) >= 11 is 0. The molecule has 0 spiro atoms. The zero-order valence-corrected chi connectivity index (χ0v) is 14.8. The van der Waals surface area contributed by atoms with E-state index in [1.807, 2.05) is 0 Å². The Bertz CT molecular complexity index is 575. The van der Waals surface area contributed by atoms with Crippen molar-refractivity contribution in [2.45, 2.75) is 0 Å². The molecule has 0 aliphatic carbocycles. The molecule has 3 aromatic carbocycles. The van der Waals surface area contributed by atoms with Crippen molar-refractivity contribution in [1.82, 2.24) is 0 Å². The number of halogens is 1. The van der Waals surface area contributed by atoms with Crippen LogP contribution >= 0.6 is 24.2 Å². The van der Waals surface area contributed by atoms with Crippen LogP contribution in [0, 0.1) is 0 Å². The summed E-state index contributed by atoms with van der Waals surface area (Å²) in [5.74, 6) is 0. The first-order chi connectivity index (χ1) is 9.82. The van der Waals surface area contributed by atoms with E-state index < -0.39 is 7.26 Å². The molecule has 3 aromatic rings. The summed E-state index contributed by atoms with van der Waals surface area (Å²) in [6.07, 6.45) is 0. The van der Waals surface area contributed by atoms with Gasteiger partial charge in [-0.2, -0.15) is 0 Å². The average Bonchev–Trinajstić information content (AvgIpc) is 2.56. The van der Waals surface area contributed by atoms with E-state index in [1.165, 1.54) is 15.9 Å². The van der Waals surface area contributed by atoms with Crippen LogP contribution in [-0.4, -0.2) is 58.0 Å². The van der Waals surface area contributed by atoms with Gasteiger partial charge in [-0.3, -0.25) is 0 Å². The Morgan fingerprint density at radius 2 is 0.727 bits per heavy atom. The molecule has 0 amide bonds. The fraction of sp³-hybridized carbons (Fsp3) is 0.0526. The first-order valence-electron chi connectivity index (χ1n) is 6.98. The zero-order valence-electron chi connectivity index (χ0n) is 12.1. The Balaban J connectivity index is 0.00000121. The van der Waals surface area contributed by atoms with Gasteiger partial charge in [0.1, 0.15) is 0 Å². The fourth-order valence-corrected chi connectivity index (χ4v) is 6.39. The summed E-state index contributed by atoms with van der Waals surface area (Å²) in [6, 6.07) is 32.8. The quantitative estimate of drug-likeness (QED) is 0.469. The molecule has 0 unspecified atom stereocenters. The van der Waals surface area contributed by atoms with Crippen molar-refractivity contribution >= 4 is 91.5 Å². The van der Waals surface area contributed by atoms with Crippen molar-refractivity contribution in [2.75, 3.05) is 6.66 Å². The maximum absolute atomic E-state index is 2.44. The van der Waals surface area contributed by atoms with Crippen LogP contribution in [0.5, 0.6) is 0 Å². The van der Waals surface area contributed by atoms with E-state index in [-0.39, 0.29) is 68.4 Å². The maximum atomic E-state index is 2.44. The molecule has 0 radical (unpaired) electrons. The van der Waals surface area contributed by atoms with Crippen molar-refractivity contribution in [3.63, 3.8) is 0 Å². The third-order valence-corrected chi connectivity index (χ3v) is 8.52. The summed E-state index contributed by atoms with van der Waals surface area (Å²) in [7, 11) is -1.88. The molecule has 0 saturated carbocycles. The van der Waals surface area contributed by atoms with Crippen molar-refractivity contribution in [3.8, 4) is 0 Å². The van der Waals surface area contributed by atoms with Crippen LogP contribution in [-0.2, 0) is 0 Å². The third kappa shape index (κ3) is 4.18. The molecule has 3 heteroatoms. The first kappa shape index (κ1) is 20.3. The van der Waals surface area contributed by atoms with E-state index in [0.717, 1.165) is 0 Å². The Morgan fingerprint density at radius 3 is 0.955 bits per heavy atom. The van der Waals surface area contributed by atoms with E-state index in [9.17, 15) is 0 Å². The molecular weight excluding hydrogens is 378 g/mol. The van der Waals surface area contributed by atoms with Crippen LogP contribution in [0.4, 0.5) is 0 Å². The van der Waals surface area contributed by atoms with Crippen LogP contribution in [0.2, 0.25) is 0 Å². The van der Waals surface area contributed by atoms with E-state index >= 15 is 0 Å². The monoisotopic (exact) mass is 398 g/mol. The van der Waals surface area contributed by atoms with Gasteiger partial charge in [-0.25, -0.2) is 0 Å². The van der Waals surface area contributed by atoms with Crippen LogP contribution in [0.3, 0.4) is 0 Å². The van der Waals surface area contributed by atoms with Gasteiger partial charge in [0.25, 0.3) is 0 Å². The average molecular weight is 399 g/mol. The fourth-order valence-electron chi connectivity index (χ4n) is 2.81. The van der Waals surface area contributed by atoms with E-state index in [2.05, 4.69) is 97.7 Å². The van der Waals surface area contributed by atoms with Gasteiger partial charge in [0.2, 0.25) is 0 Å². The topological polar surface area (TPSA) is 0 Å². The van der Waals surface area contributed by atoms with Crippen LogP contribution in [0.25, 0.3) is 0 Å². The zero-order chi connectivity index (χ0) is 13.8. The summed E-state index contributed by atoms with van der Waals surface area (Å²) in [6.45, 7) is 2.44. The van der Waals surface area contributed by atoms with Crippen LogP contribution in [0.1, 0.15) is 0 Å². The Kier molecular flexibility index (Phi) is 8.74. The second-order valence-electron chi connectivity index (χ2n) is 5.22. The molecule has 110 valence electrons. The summed E-state index contributed by atoms with van der Waals surface area (Å²) < 4.78 is 0. The molecule has 0 N–H and O–H groups in total. The van der Waals surface area contributed by atoms with Crippen LogP contribution in [0.15, 0.2) is 91.0 Å². The first-order valence-corrected chi connectivity index (χ1v) is 9.48. The third-order valence-electron chi connectivity index (χ3n) is 4.05. The van der Waals surface area contributed by atoms with Crippen molar-refractivity contribution < 1.29 is 0 Å². The second kappa shape index (κ2) is 9.49. The van der Waals surface area contributed by atoms with E-state index in [1.54, 1.807) is 0 Å². The molecule has 0 aliphatic rings. The van der Waals surface area contributed by atoms with Crippen molar-refractivity contribution in [1.29, 1.82) is 0 Å². The van der Waals surface area contributed by atoms with Gasteiger partial charge in [0.05, 0.1) is 0 Å². The minimum atomic E-state index is -1.88. The number of benzene rings is 3. The molecule has 22 heavy (non-hydrogen) atoms. The molecule has 0 bridgehead atoms. The normalized spacial score (nSPS) is 11.0. The summed E-state index contributed by atoms with van der Waals surface area (Å²) in [5, 5.41) is 4.37. The Hall–Kier alpha value is 0.206. The van der Waals surface area contributed by atoms with Gasteiger partial charge < -0.3 is 0 Å². The van der Waals surface area contributed by atoms with Gasteiger partial charge in [-0.15, -0.1) is 17.0 Å². The molecule has 0 aromatic heterocycles. The van der Waals surface area contributed by atoms with Gasteiger partial charge in [-0.05, 0) is 0 Å². The van der Waals surface area contributed by atoms with Crippen molar-refractivity contribution in [3.05, 3.63) is 91.0 Å². The predicted molar refractivity (Wildman–Crippen MR) is 110 cm³/mol. The number of rotatable bonds is 3. The second-order valence-corrected chi connectivity index (χ2v) is 9.21. The summed E-state index contributed by atoms with van der Waals surface area (Å²) in [4.78, 5) is 0. The van der Waals surface area contributed by atoms with Crippen molar-refractivity contribution in [2.24, 2.45) is 0 Å². The molecular formula is C19H21BrKP. The van der Waals surface area contributed by atoms with Gasteiger partial charge in [0.15, 0.2) is 0 Å². The molecule has 3 rings (SSSR count). The number of hydrogen-bond acceptors (Lipinski definition) is 0. The molecule has 0 aliphatic heterocycles. The number of hydrogen-bond donors (Lipinski definition) is 0. The van der Waals surface area contributed by atoms with E-state index in [0.29, 0.717) is 0 Å². The van der Waals surface area contributed by atoms with Crippen LogP contribution < -0.4 is 15.9 Å². The molecule has 0 nitrogen and oxygen atoms in total. The van der Waals surface area contributed by atoms with Gasteiger partial charge in [0, 0.05) is 0 Å². The predicted octanol–water partition coefficient (Wildman–Crippen LogP) is 3.27.